The van der Waals surface area contributed by atoms with Crippen molar-refractivity contribution in [1.82, 2.24) is 0 Å². The molecule has 1 atom stereocenters. The highest BCUT2D eigenvalue weighted by atomic mass is 16.6. The summed E-state index contributed by atoms with van der Waals surface area (Å²) in [7, 11) is 0. The molecule has 0 heterocycles. The van der Waals surface area contributed by atoms with Crippen molar-refractivity contribution < 1.29 is 28.6 Å². The second kappa shape index (κ2) is 54.7. The van der Waals surface area contributed by atoms with Gasteiger partial charge in [-0.15, -0.1) is 0 Å². The summed E-state index contributed by atoms with van der Waals surface area (Å²) in [5.41, 5.74) is 0. The summed E-state index contributed by atoms with van der Waals surface area (Å²) in [5.74, 6) is -0.940. The molecule has 382 valence electrons. The van der Waals surface area contributed by atoms with Gasteiger partial charge in [-0.05, 0) is 77.0 Å². The van der Waals surface area contributed by atoms with Crippen LogP contribution in [-0.4, -0.2) is 37.2 Å². The van der Waals surface area contributed by atoms with Crippen LogP contribution < -0.4 is 0 Å². The van der Waals surface area contributed by atoms with Crippen molar-refractivity contribution >= 4 is 17.9 Å². The van der Waals surface area contributed by atoms with Gasteiger partial charge in [0.2, 0.25) is 0 Å². The molecule has 0 radical (unpaired) electrons. The van der Waals surface area contributed by atoms with Gasteiger partial charge in [0.05, 0.1) is 0 Å². The lowest BCUT2D eigenvalue weighted by Gasteiger charge is -2.18. The van der Waals surface area contributed by atoms with Crippen LogP contribution in [-0.2, 0) is 28.6 Å². The number of hydrogen-bond donors (Lipinski definition) is 0. The Kier molecular flexibility index (Phi) is 52.3. The van der Waals surface area contributed by atoms with Crippen molar-refractivity contribution in [2.45, 2.75) is 290 Å². The third-order valence-electron chi connectivity index (χ3n) is 12.3. The number of rotatable bonds is 51. The van der Waals surface area contributed by atoms with Crippen molar-refractivity contribution in [3.63, 3.8) is 0 Å². The van der Waals surface area contributed by atoms with E-state index in [0.29, 0.717) is 19.3 Å². The number of carbonyl (C=O) groups is 3. The average Bonchev–Trinajstić information content (AvgIpc) is 3.31. The predicted octanol–water partition coefficient (Wildman–Crippen LogP) is 18.8. The molecule has 0 spiro atoms. The molecule has 66 heavy (non-hydrogen) atoms. The van der Waals surface area contributed by atoms with E-state index in [9.17, 15) is 14.4 Å². The number of carbonyl (C=O) groups excluding carboxylic acids is 3. The van der Waals surface area contributed by atoms with Crippen LogP contribution in [0, 0.1) is 0 Å². The molecule has 0 bridgehead atoms. The number of ether oxygens (including phenoxy) is 3. The van der Waals surface area contributed by atoms with E-state index in [2.05, 4.69) is 81.5 Å². The van der Waals surface area contributed by atoms with Crippen molar-refractivity contribution in [3.8, 4) is 0 Å². The Balaban J connectivity index is 4.41. The van der Waals surface area contributed by atoms with E-state index in [0.717, 1.165) is 57.8 Å². The average molecular weight is 924 g/mol. The fourth-order valence-electron chi connectivity index (χ4n) is 7.98. The minimum atomic E-state index is -0.799. The summed E-state index contributed by atoms with van der Waals surface area (Å²) in [6.45, 7) is 6.58. The lowest BCUT2D eigenvalue weighted by molar-refractivity contribution is -0.167. The van der Waals surface area contributed by atoms with Crippen LogP contribution in [0.25, 0.3) is 0 Å². The molecule has 0 amide bonds. The van der Waals surface area contributed by atoms with Crippen LogP contribution in [0.1, 0.15) is 284 Å². The molecular formula is C60H106O6. The van der Waals surface area contributed by atoms with Crippen molar-refractivity contribution in [3.05, 3.63) is 60.8 Å². The van der Waals surface area contributed by atoms with Crippen molar-refractivity contribution in [2.75, 3.05) is 13.2 Å². The minimum Gasteiger partial charge on any atom is -0.462 e. The summed E-state index contributed by atoms with van der Waals surface area (Å²) in [6, 6.07) is 0. The van der Waals surface area contributed by atoms with Gasteiger partial charge in [0, 0.05) is 19.3 Å². The van der Waals surface area contributed by atoms with Gasteiger partial charge in [-0.25, -0.2) is 0 Å². The maximum absolute atomic E-state index is 12.8. The van der Waals surface area contributed by atoms with Gasteiger partial charge >= 0.3 is 17.9 Å². The first-order valence-corrected chi connectivity index (χ1v) is 28.3. The second-order valence-electron chi connectivity index (χ2n) is 18.9. The van der Waals surface area contributed by atoms with Crippen LogP contribution in [0.2, 0.25) is 0 Å². The van der Waals surface area contributed by atoms with Crippen LogP contribution in [0.4, 0.5) is 0 Å². The minimum absolute atomic E-state index is 0.0928. The van der Waals surface area contributed by atoms with E-state index in [1.54, 1.807) is 0 Å². The highest BCUT2D eigenvalue weighted by Gasteiger charge is 2.19. The monoisotopic (exact) mass is 923 g/mol. The first-order valence-electron chi connectivity index (χ1n) is 28.3. The fourth-order valence-corrected chi connectivity index (χ4v) is 7.98. The Bertz CT molecular complexity index is 1200. The summed E-state index contributed by atoms with van der Waals surface area (Å²) in [5, 5.41) is 0. The Morgan fingerprint density at radius 1 is 0.318 bits per heavy atom. The van der Waals surface area contributed by atoms with Gasteiger partial charge in [-0.2, -0.15) is 0 Å². The summed E-state index contributed by atoms with van der Waals surface area (Å²) >= 11 is 0. The van der Waals surface area contributed by atoms with Crippen LogP contribution in [0.5, 0.6) is 0 Å². The van der Waals surface area contributed by atoms with Crippen LogP contribution >= 0.6 is 0 Å². The zero-order valence-corrected chi connectivity index (χ0v) is 43.7. The molecule has 0 aliphatic heterocycles. The highest BCUT2D eigenvalue weighted by Crippen LogP contribution is 2.15. The first kappa shape index (κ1) is 63.1. The lowest BCUT2D eigenvalue weighted by Crippen LogP contribution is -2.30. The molecular weight excluding hydrogens is 817 g/mol. The summed E-state index contributed by atoms with van der Waals surface area (Å²) < 4.78 is 16.8. The number of esters is 3. The molecule has 6 nitrogen and oxygen atoms in total. The highest BCUT2D eigenvalue weighted by molar-refractivity contribution is 5.71. The van der Waals surface area contributed by atoms with Crippen molar-refractivity contribution in [2.24, 2.45) is 0 Å². The molecule has 0 aliphatic rings. The molecule has 0 saturated heterocycles. The Morgan fingerprint density at radius 3 is 1.02 bits per heavy atom. The molecule has 0 saturated carbocycles. The molecule has 0 aromatic carbocycles. The Labute approximate surface area is 409 Å². The molecule has 0 aromatic rings. The van der Waals surface area contributed by atoms with Crippen LogP contribution in [0.3, 0.4) is 0 Å². The topological polar surface area (TPSA) is 78.9 Å². The molecule has 6 heteroatoms. The molecule has 0 N–H and O–H groups in total. The van der Waals surface area contributed by atoms with E-state index < -0.39 is 6.10 Å². The summed E-state index contributed by atoms with van der Waals surface area (Å²) in [6.07, 6.45) is 67.8. The van der Waals surface area contributed by atoms with Gasteiger partial charge in [0.1, 0.15) is 13.2 Å². The quantitative estimate of drug-likeness (QED) is 0.0199. The van der Waals surface area contributed by atoms with Crippen molar-refractivity contribution in [1.29, 1.82) is 0 Å². The second-order valence-corrected chi connectivity index (χ2v) is 18.9. The standard InChI is InChI=1S/C60H106O6/c1-4-7-10-13-16-19-22-25-27-29-30-32-33-35-38-41-44-47-50-53-59(62)65-56-57(55-64-58(61)52-49-46-43-40-37-24-21-18-15-12-9-6-3)66-60(63)54-51-48-45-42-39-36-34-31-28-26-23-20-17-14-11-8-5-2/h16,19,22,25-26,28,34,36,42,45,57H,4-15,17-18,20-21,23-24,27,29-33,35,37-41,43-44,46-56H2,1-3H3/b19-16-,25-22-,28-26-,36-34-,45-42-. The van der Waals surface area contributed by atoms with E-state index in [-0.39, 0.29) is 37.5 Å². The zero-order chi connectivity index (χ0) is 47.9. The third kappa shape index (κ3) is 52.1. The third-order valence-corrected chi connectivity index (χ3v) is 12.3. The molecule has 1 unspecified atom stereocenters. The van der Waals surface area contributed by atoms with E-state index >= 15 is 0 Å². The number of unbranched alkanes of at least 4 members (excludes halogenated alkanes) is 31. The van der Waals surface area contributed by atoms with E-state index in [1.807, 2.05) is 0 Å². The normalized spacial score (nSPS) is 12.5. The molecule has 0 rings (SSSR count). The molecule has 0 fully saturated rings. The fraction of sp³-hybridized carbons (Fsp3) is 0.783. The number of hydrogen-bond acceptors (Lipinski definition) is 6. The largest absolute Gasteiger partial charge is 0.462 e. The smallest absolute Gasteiger partial charge is 0.306 e. The van der Waals surface area contributed by atoms with Gasteiger partial charge in [0.15, 0.2) is 6.10 Å². The predicted molar refractivity (Wildman–Crippen MR) is 284 cm³/mol. The van der Waals surface area contributed by atoms with E-state index in [1.165, 1.54) is 180 Å². The maximum Gasteiger partial charge on any atom is 0.306 e. The van der Waals surface area contributed by atoms with Gasteiger partial charge in [-0.3, -0.25) is 14.4 Å². The van der Waals surface area contributed by atoms with Crippen LogP contribution in [0.15, 0.2) is 60.8 Å². The molecule has 0 aliphatic carbocycles. The Morgan fingerprint density at radius 2 is 0.606 bits per heavy atom. The van der Waals surface area contributed by atoms with Gasteiger partial charge in [-0.1, -0.05) is 248 Å². The maximum atomic E-state index is 12.8. The van der Waals surface area contributed by atoms with Gasteiger partial charge < -0.3 is 14.2 Å². The molecule has 0 aromatic heterocycles. The van der Waals surface area contributed by atoms with Gasteiger partial charge in [0.25, 0.3) is 0 Å². The van der Waals surface area contributed by atoms with E-state index in [4.69, 9.17) is 14.2 Å². The SMILES string of the molecule is CCCCC/C=C\C=C/CCCCCCCCCCCCC(=O)OCC(COC(=O)CCCCCCCCCCCCCC)OC(=O)CCC/C=C\C/C=C\C/C=C\CCCCCCCC. The Hall–Kier alpha value is -2.89. The lowest BCUT2D eigenvalue weighted by atomic mass is 10.0. The first-order chi connectivity index (χ1) is 32.5. The summed E-state index contributed by atoms with van der Waals surface area (Å²) in [4.78, 5) is 38.1. The zero-order valence-electron chi connectivity index (χ0n) is 43.7. The number of allylic oxidation sites excluding steroid dienone is 10.